The quantitative estimate of drug-likeness (QED) is 0.495. The fourth-order valence-electron chi connectivity index (χ4n) is 5.33. The second-order valence-corrected chi connectivity index (χ2v) is 11.8. The molecule has 3 aromatic heterocycles. The number of pyridine rings is 1. The smallest absolute Gasteiger partial charge is 0.399 e. The first kappa shape index (κ1) is 24.1. The summed E-state index contributed by atoms with van der Waals surface area (Å²) in [5, 5.41) is 5.23. The van der Waals surface area contributed by atoms with Gasteiger partial charge in [0.1, 0.15) is 12.1 Å². The molecule has 0 radical (unpaired) electrons. The van der Waals surface area contributed by atoms with Crippen molar-refractivity contribution < 1.29 is 23.9 Å². The van der Waals surface area contributed by atoms with Gasteiger partial charge in [-0.15, -0.1) is 11.3 Å². The Morgan fingerprint density at radius 2 is 2.03 bits per heavy atom. The summed E-state index contributed by atoms with van der Waals surface area (Å²) in [7, 11) is 0. The number of thiophene rings is 2. The Bertz CT molecular complexity index is 1320. The fraction of sp³-hybridized carbons (Fsp3) is 0.423. The maximum absolute atomic E-state index is 13.6. The van der Waals surface area contributed by atoms with Gasteiger partial charge in [0.25, 0.3) is 0 Å². The summed E-state index contributed by atoms with van der Waals surface area (Å²) in [6.07, 6.45) is 5.86. The highest BCUT2D eigenvalue weighted by atomic mass is 32.1. The minimum Gasteiger partial charge on any atom is -0.399 e. The molecule has 192 valence electrons. The summed E-state index contributed by atoms with van der Waals surface area (Å²) in [6, 6.07) is 5.62. The first-order valence-electron chi connectivity index (χ1n) is 12.4. The summed E-state index contributed by atoms with van der Waals surface area (Å²) >= 11 is 2.96. The van der Waals surface area contributed by atoms with Gasteiger partial charge in [-0.1, -0.05) is 30.2 Å². The third-order valence-corrected chi connectivity index (χ3v) is 9.24. The minimum atomic E-state index is -0.771. The van der Waals surface area contributed by atoms with Gasteiger partial charge in [-0.3, -0.25) is 19.4 Å². The van der Waals surface area contributed by atoms with Gasteiger partial charge in [0, 0.05) is 34.4 Å². The number of ketones is 1. The van der Waals surface area contributed by atoms with E-state index in [-0.39, 0.29) is 36.6 Å². The molecule has 2 aliphatic heterocycles. The number of carbonyl (C=O) groups excluding carboxylic acids is 4. The van der Waals surface area contributed by atoms with Gasteiger partial charge in [0.05, 0.1) is 19.0 Å². The molecule has 3 atom stereocenters. The Hall–Kier alpha value is -3.31. The monoisotopic (exact) mass is 538 g/mol. The van der Waals surface area contributed by atoms with Crippen LogP contribution in [0.15, 0.2) is 42.0 Å². The lowest BCUT2D eigenvalue weighted by Gasteiger charge is -2.28. The largest absolute Gasteiger partial charge is 0.414 e. The number of nitrogens with one attached hydrogen (secondary N) is 1. The molecule has 0 spiro atoms. The average molecular weight is 539 g/mol. The SMILES string of the molecule is O=C(NC(CC1CC1)C(=O)N1CCC2C1C(=O)CN2C(=O)Cc1cccnc1)Oc1cc2sccc2s1. The van der Waals surface area contributed by atoms with Crippen LogP contribution in [0.25, 0.3) is 9.40 Å². The lowest BCUT2D eigenvalue weighted by molar-refractivity contribution is -0.138. The molecule has 1 N–H and O–H groups in total. The van der Waals surface area contributed by atoms with Crippen LogP contribution >= 0.6 is 22.7 Å². The Balaban J connectivity index is 1.13. The Labute approximate surface area is 221 Å². The van der Waals surface area contributed by atoms with Crippen molar-refractivity contribution in [2.45, 2.75) is 50.2 Å². The summed E-state index contributed by atoms with van der Waals surface area (Å²) in [5.74, 6) is -0.188. The number of carbonyl (C=O) groups is 4. The molecule has 6 rings (SSSR count). The molecular weight excluding hydrogens is 512 g/mol. The van der Waals surface area contributed by atoms with Crippen molar-refractivity contribution in [3.8, 4) is 5.06 Å². The van der Waals surface area contributed by atoms with Crippen LogP contribution in [0.4, 0.5) is 4.79 Å². The third-order valence-electron chi connectivity index (χ3n) is 7.27. The van der Waals surface area contributed by atoms with Crippen LogP contribution in [-0.4, -0.2) is 69.7 Å². The van der Waals surface area contributed by atoms with Crippen LogP contribution in [0, 0.1) is 5.92 Å². The molecule has 2 saturated heterocycles. The van der Waals surface area contributed by atoms with E-state index in [1.807, 2.05) is 23.6 Å². The van der Waals surface area contributed by atoms with Crippen LogP contribution in [0.2, 0.25) is 0 Å². The number of amides is 3. The summed E-state index contributed by atoms with van der Waals surface area (Å²) in [5.41, 5.74) is 0.784. The van der Waals surface area contributed by atoms with Crippen molar-refractivity contribution in [2.24, 2.45) is 5.92 Å². The summed E-state index contributed by atoms with van der Waals surface area (Å²) in [4.78, 5) is 59.6. The number of aromatic nitrogens is 1. The first-order valence-corrected chi connectivity index (χ1v) is 14.1. The molecule has 11 heteroatoms. The maximum Gasteiger partial charge on any atom is 0.414 e. The number of Topliss-reactive ketones (excluding diaryl/α,β-unsaturated/α-hetero) is 1. The van der Waals surface area contributed by atoms with E-state index in [0.29, 0.717) is 30.4 Å². The predicted octanol–water partition coefficient (Wildman–Crippen LogP) is 3.24. The highest BCUT2D eigenvalue weighted by Gasteiger charge is 2.52. The molecule has 3 aromatic rings. The highest BCUT2D eigenvalue weighted by Crippen LogP contribution is 2.37. The molecule has 0 bridgehead atoms. The van der Waals surface area contributed by atoms with Gasteiger partial charge in [-0.05, 0) is 41.8 Å². The number of fused-ring (bicyclic) bond motifs is 2. The second kappa shape index (κ2) is 9.86. The number of rotatable bonds is 7. The van der Waals surface area contributed by atoms with Crippen molar-refractivity contribution in [3.63, 3.8) is 0 Å². The van der Waals surface area contributed by atoms with E-state index in [0.717, 1.165) is 27.8 Å². The topological polar surface area (TPSA) is 109 Å². The van der Waals surface area contributed by atoms with Gasteiger partial charge in [0.2, 0.25) is 11.8 Å². The zero-order chi connectivity index (χ0) is 25.5. The second-order valence-electron chi connectivity index (χ2n) is 9.84. The Morgan fingerprint density at radius 3 is 2.78 bits per heavy atom. The van der Waals surface area contributed by atoms with Gasteiger partial charge < -0.3 is 19.9 Å². The predicted molar refractivity (Wildman–Crippen MR) is 139 cm³/mol. The van der Waals surface area contributed by atoms with Gasteiger partial charge in [-0.25, -0.2) is 4.79 Å². The lowest BCUT2D eigenvalue weighted by atomic mass is 10.1. The van der Waals surface area contributed by atoms with E-state index in [9.17, 15) is 19.2 Å². The van der Waals surface area contributed by atoms with E-state index in [1.165, 1.54) is 11.3 Å². The molecule has 3 fully saturated rings. The van der Waals surface area contributed by atoms with Crippen molar-refractivity contribution in [3.05, 3.63) is 47.6 Å². The molecule has 3 amide bonds. The zero-order valence-corrected chi connectivity index (χ0v) is 21.6. The normalized spacial score (nSPS) is 21.8. The van der Waals surface area contributed by atoms with Crippen molar-refractivity contribution >= 4 is 55.8 Å². The van der Waals surface area contributed by atoms with Gasteiger partial charge in [0.15, 0.2) is 10.8 Å². The summed E-state index contributed by atoms with van der Waals surface area (Å²) in [6.45, 7) is 0.367. The van der Waals surface area contributed by atoms with Crippen molar-refractivity contribution in [1.29, 1.82) is 0 Å². The molecule has 37 heavy (non-hydrogen) atoms. The first-order chi connectivity index (χ1) is 18.0. The van der Waals surface area contributed by atoms with E-state index >= 15 is 0 Å². The van der Waals surface area contributed by atoms with Crippen molar-refractivity contribution in [2.75, 3.05) is 13.1 Å². The minimum absolute atomic E-state index is 0.00350. The lowest BCUT2D eigenvalue weighted by Crippen LogP contribution is -2.53. The number of likely N-dealkylation sites (tertiary alicyclic amines) is 2. The number of nitrogens with zero attached hydrogens (tertiary/aromatic N) is 3. The van der Waals surface area contributed by atoms with Crippen molar-refractivity contribution in [1.82, 2.24) is 20.1 Å². The van der Waals surface area contributed by atoms with Crippen LogP contribution < -0.4 is 10.1 Å². The summed E-state index contributed by atoms with van der Waals surface area (Å²) < 4.78 is 7.59. The molecule has 1 aliphatic carbocycles. The Kier molecular flexibility index (Phi) is 6.41. The Morgan fingerprint density at radius 1 is 1.16 bits per heavy atom. The molecule has 9 nitrogen and oxygen atoms in total. The molecular formula is C26H26N4O5S2. The van der Waals surface area contributed by atoms with E-state index in [1.54, 1.807) is 39.6 Å². The van der Waals surface area contributed by atoms with Crippen LogP contribution in [-0.2, 0) is 20.8 Å². The van der Waals surface area contributed by atoms with Gasteiger partial charge in [-0.2, -0.15) is 0 Å². The van der Waals surface area contributed by atoms with Crippen LogP contribution in [0.5, 0.6) is 5.06 Å². The standard InChI is InChI=1S/C26H26N4O5S2/c31-19-14-30(22(32)11-16-2-1-7-27-13-16)18-5-8-29(24(18)19)25(33)17(10-15-3-4-15)28-26(34)35-23-12-21-20(37-23)6-9-36-21/h1-2,6-7,9,12-13,15,17-18,24H,3-5,8,10-11,14H2,(H,28,34). The van der Waals surface area contributed by atoms with Crippen LogP contribution in [0.1, 0.15) is 31.2 Å². The van der Waals surface area contributed by atoms with E-state index < -0.39 is 18.2 Å². The highest BCUT2D eigenvalue weighted by molar-refractivity contribution is 7.27. The number of hydrogen-bond donors (Lipinski definition) is 1. The molecule has 3 unspecified atom stereocenters. The maximum atomic E-state index is 13.6. The fourth-order valence-corrected chi connectivity index (χ4v) is 7.28. The molecule has 5 heterocycles. The zero-order valence-electron chi connectivity index (χ0n) is 20.0. The number of hydrogen-bond acceptors (Lipinski definition) is 8. The number of ether oxygens (including phenoxy) is 1. The molecule has 0 aromatic carbocycles. The molecule has 1 saturated carbocycles. The average Bonchev–Trinajstić information content (AvgIpc) is 3.19. The van der Waals surface area contributed by atoms with Crippen LogP contribution in [0.3, 0.4) is 0 Å². The van der Waals surface area contributed by atoms with Gasteiger partial charge >= 0.3 is 6.09 Å². The third kappa shape index (κ3) is 4.97. The van der Waals surface area contributed by atoms with E-state index in [4.69, 9.17) is 4.74 Å². The molecule has 3 aliphatic rings. The van der Waals surface area contributed by atoms with E-state index in [2.05, 4.69) is 10.3 Å².